The van der Waals surface area contributed by atoms with Crippen molar-refractivity contribution in [2.75, 3.05) is 5.32 Å². The van der Waals surface area contributed by atoms with E-state index in [4.69, 9.17) is 0 Å². The second kappa shape index (κ2) is 8.08. The molecule has 7 heteroatoms. The Balaban J connectivity index is 1.90. The zero-order valence-corrected chi connectivity index (χ0v) is 18.7. The monoisotopic (exact) mass is 428 g/mol. The van der Waals surface area contributed by atoms with E-state index in [2.05, 4.69) is 36.3 Å². The molecule has 1 amide bonds. The van der Waals surface area contributed by atoms with Crippen molar-refractivity contribution >= 4 is 32.2 Å². The first kappa shape index (κ1) is 21.2. The molecule has 1 N–H and O–H groups in total. The zero-order valence-electron chi connectivity index (χ0n) is 17.1. The molecule has 29 heavy (non-hydrogen) atoms. The van der Waals surface area contributed by atoms with E-state index in [1.54, 1.807) is 26.0 Å². The number of sulfone groups is 1. The Morgan fingerprint density at radius 2 is 1.69 bits per heavy atom. The molecule has 0 bridgehead atoms. The molecule has 5 nitrogen and oxygen atoms in total. The summed E-state index contributed by atoms with van der Waals surface area (Å²) in [6.45, 7) is 9.36. The van der Waals surface area contributed by atoms with Crippen LogP contribution < -0.4 is 5.32 Å². The van der Waals surface area contributed by atoms with E-state index in [9.17, 15) is 13.2 Å². The molecule has 0 aliphatic carbocycles. The predicted molar refractivity (Wildman–Crippen MR) is 118 cm³/mol. The lowest BCUT2D eigenvalue weighted by Crippen LogP contribution is -2.20. The highest BCUT2D eigenvalue weighted by atomic mass is 32.2. The molecule has 0 saturated carbocycles. The highest BCUT2D eigenvalue weighted by molar-refractivity contribution is 7.92. The second-order valence-corrected chi connectivity index (χ2v) is 10.7. The topological polar surface area (TPSA) is 76.1 Å². The van der Waals surface area contributed by atoms with Gasteiger partial charge in [0.15, 0.2) is 15.0 Å². The molecule has 1 aromatic heterocycles. The molecule has 3 rings (SSSR count). The van der Waals surface area contributed by atoms with Gasteiger partial charge in [-0.1, -0.05) is 18.2 Å². The minimum absolute atomic E-state index is 0.0364. The lowest BCUT2D eigenvalue weighted by Gasteiger charge is -2.12. The highest BCUT2D eigenvalue weighted by Crippen LogP contribution is 2.30. The molecule has 0 aliphatic heterocycles. The summed E-state index contributed by atoms with van der Waals surface area (Å²) in [5, 5.41) is 4.46. The minimum atomic E-state index is -3.57. The Labute approximate surface area is 175 Å². The normalized spacial score (nSPS) is 11.7. The maximum absolute atomic E-state index is 12.8. The summed E-state index contributed by atoms with van der Waals surface area (Å²) in [5.74, 6) is -0.484. The third-order valence-electron chi connectivity index (χ3n) is 4.90. The number of nitrogens with one attached hydrogen (secondary N) is 1. The van der Waals surface area contributed by atoms with Crippen LogP contribution in [0.25, 0.3) is 11.3 Å². The SMILES string of the molecule is Cc1cc(C)c(-c2csc(NC(=O)c3ccccc3S(=O)(=O)C(C)C)n2)cc1C. The van der Waals surface area contributed by atoms with Gasteiger partial charge in [0.1, 0.15) is 0 Å². The van der Waals surface area contributed by atoms with Gasteiger partial charge < -0.3 is 0 Å². The number of rotatable bonds is 5. The summed E-state index contributed by atoms with van der Waals surface area (Å²) in [5.41, 5.74) is 5.45. The van der Waals surface area contributed by atoms with E-state index < -0.39 is 21.0 Å². The lowest BCUT2D eigenvalue weighted by molar-refractivity contribution is 0.102. The molecule has 0 atom stereocenters. The summed E-state index contributed by atoms with van der Waals surface area (Å²) >= 11 is 1.31. The molecule has 3 aromatic rings. The van der Waals surface area contributed by atoms with Crippen LogP contribution in [0.15, 0.2) is 46.7 Å². The van der Waals surface area contributed by atoms with E-state index in [1.807, 2.05) is 12.3 Å². The van der Waals surface area contributed by atoms with Crippen molar-refractivity contribution in [1.82, 2.24) is 4.98 Å². The number of hydrogen-bond donors (Lipinski definition) is 1. The van der Waals surface area contributed by atoms with Crippen molar-refractivity contribution in [2.24, 2.45) is 0 Å². The van der Waals surface area contributed by atoms with Crippen molar-refractivity contribution < 1.29 is 13.2 Å². The van der Waals surface area contributed by atoms with Gasteiger partial charge in [-0.3, -0.25) is 10.1 Å². The Bertz CT molecular complexity index is 1180. The van der Waals surface area contributed by atoms with Crippen LogP contribution in [-0.2, 0) is 9.84 Å². The molecule has 2 aromatic carbocycles. The number of carbonyl (C=O) groups excluding carboxylic acids is 1. The smallest absolute Gasteiger partial charge is 0.258 e. The number of aryl methyl sites for hydroxylation is 3. The van der Waals surface area contributed by atoms with Crippen LogP contribution in [0.3, 0.4) is 0 Å². The predicted octanol–water partition coefficient (Wildman–Crippen LogP) is 5.17. The highest BCUT2D eigenvalue weighted by Gasteiger charge is 2.25. The second-order valence-electron chi connectivity index (χ2n) is 7.33. The average Bonchev–Trinajstić information content (AvgIpc) is 3.12. The minimum Gasteiger partial charge on any atom is -0.298 e. The molecule has 0 saturated heterocycles. The van der Waals surface area contributed by atoms with Crippen LogP contribution in [0, 0.1) is 20.8 Å². The van der Waals surface area contributed by atoms with Crippen molar-refractivity contribution in [3.8, 4) is 11.3 Å². The van der Waals surface area contributed by atoms with Gasteiger partial charge in [0.05, 0.1) is 21.4 Å². The Morgan fingerprint density at radius 3 is 2.38 bits per heavy atom. The lowest BCUT2D eigenvalue weighted by atomic mass is 9.99. The van der Waals surface area contributed by atoms with Crippen molar-refractivity contribution in [2.45, 2.75) is 44.8 Å². The van der Waals surface area contributed by atoms with Crippen molar-refractivity contribution in [3.63, 3.8) is 0 Å². The molecular weight excluding hydrogens is 404 g/mol. The third-order valence-corrected chi connectivity index (χ3v) is 7.87. The van der Waals surface area contributed by atoms with E-state index in [-0.39, 0.29) is 10.5 Å². The molecule has 0 aliphatic rings. The Hall–Kier alpha value is -2.51. The summed E-state index contributed by atoms with van der Waals surface area (Å²) in [6, 6.07) is 10.5. The van der Waals surface area contributed by atoms with E-state index in [1.165, 1.54) is 34.6 Å². The van der Waals surface area contributed by atoms with Crippen LogP contribution in [0.2, 0.25) is 0 Å². The van der Waals surface area contributed by atoms with Gasteiger partial charge in [-0.25, -0.2) is 13.4 Å². The maximum Gasteiger partial charge on any atom is 0.258 e. The first-order chi connectivity index (χ1) is 13.6. The number of aromatic nitrogens is 1. The number of anilines is 1. The van der Waals surface area contributed by atoms with Gasteiger partial charge in [0.25, 0.3) is 5.91 Å². The van der Waals surface area contributed by atoms with E-state index in [0.29, 0.717) is 5.13 Å². The fourth-order valence-electron chi connectivity index (χ4n) is 3.01. The first-order valence-corrected chi connectivity index (χ1v) is 11.7. The number of amides is 1. The number of thiazole rings is 1. The summed E-state index contributed by atoms with van der Waals surface area (Å²) < 4.78 is 25.2. The Kier molecular flexibility index (Phi) is 5.91. The van der Waals surface area contributed by atoms with Crippen molar-refractivity contribution in [1.29, 1.82) is 0 Å². The van der Waals surface area contributed by atoms with E-state index in [0.717, 1.165) is 16.8 Å². The fourth-order valence-corrected chi connectivity index (χ4v) is 4.96. The van der Waals surface area contributed by atoms with Crippen LogP contribution in [0.1, 0.15) is 40.9 Å². The molecule has 0 spiro atoms. The first-order valence-electron chi connectivity index (χ1n) is 9.29. The summed E-state index contributed by atoms with van der Waals surface area (Å²) in [6.07, 6.45) is 0. The van der Waals surface area contributed by atoms with Crippen LogP contribution >= 0.6 is 11.3 Å². The number of carbonyl (C=O) groups is 1. The van der Waals surface area contributed by atoms with Gasteiger partial charge in [-0.2, -0.15) is 0 Å². The number of nitrogens with zero attached hydrogens (tertiary/aromatic N) is 1. The van der Waals surface area contributed by atoms with Gasteiger partial charge in [-0.15, -0.1) is 11.3 Å². The summed E-state index contributed by atoms with van der Waals surface area (Å²) in [7, 11) is -3.57. The maximum atomic E-state index is 12.8. The number of hydrogen-bond acceptors (Lipinski definition) is 5. The standard InChI is InChI=1S/C22H24N2O3S2/c1-13(2)29(26,27)20-9-7-6-8-17(20)21(25)24-22-23-19(12-28-22)18-11-15(4)14(3)10-16(18)5/h6-13H,1-5H3,(H,23,24,25). The van der Waals surface area contributed by atoms with Crippen LogP contribution in [-0.4, -0.2) is 24.6 Å². The Morgan fingerprint density at radius 1 is 1.03 bits per heavy atom. The fraction of sp³-hybridized carbons (Fsp3) is 0.273. The third kappa shape index (κ3) is 4.26. The van der Waals surface area contributed by atoms with E-state index >= 15 is 0 Å². The molecule has 0 radical (unpaired) electrons. The molecule has 1 heterocycles. The number of benzene rings is 2. The molecule has 152 valence electrons. The van der Waals surface area contributed by atoms with Gasteiger partial charge in [0, 0.05) is 10.9 Å². The van der Waals surface area contributed by atoms with Gasteiger partial charge >= 0.3 is 0 Å². The van der Waals surface area contributed by atoms with Gasteiger partial charge in [-0.05, 0) is 69.5 Å². The average molecular weight is 429 g/mol. The summed E-state index contributed by atoms with van der Waals surface area (Å²) in [4.78, 5) is 17.4. The molecule has 0 fully saturated rings. The zero-order chi connectivity index (χ0) is 21.3. The van der Waals surface area contributed by atoms with Gasteiger partial charge in [0.2, 0.25) is 0 Å². The largest absolute Gasteiger partial charge is 0.298 e. The van der Waals surface area contributed by atoms with Crippen molar-refractivity contribution in [3.05, 3.63) is 64.0 Å². The molecular formula is C22H24N2O3S2. The van der Waals surface area contributed by atoms with Crippen LogP contribution in [0.4, 0.5) is 5.13 Å². The van der Waals surface area contributed by atoms with Crippen LogP contribution in [0.5, 0.6) is 0 Å². The quantitative estimate of drug-likeness (QED) is 0.608. The molecule has 0 unspecified atom stereocenters.